The fourth-order valence-corrected chi connectivity index (χ4v) is 2.77. The van der Waals surface area contributed by atoms with Crippen molar-refractivity contribution in [3.63, 3.8) is 0 Å². The van der Waals surface area contributed by atoms with Crippen molar-refractivity contribution in [3.05, 3.63) is 16.6 Å². The summed E-state index contributed by atoms with van der Waals surface area (Å²) < 4.78 is 5.68. The van der Waals surface area contributed by atoms with E-state index in [-0.39, 0.29) is 17.9 Å². The van der Waals surface area contributed by atoms with Crippen LogP contribution in [0.4, 0.5) is 0 Å². The maximum absolute atomic E-state index is 12.2. The normalized spacial score (nSPS) is 21.9. The minimum atomic E-state index is -0.0653. The van der Waals surface area contributed by atoms with E-state index in [0.717, 1.165) is 5.01 Å². The fraction of sp³-hybridized carbons (Fsp3) is 0.667. The van der Waals surface area contributed by atoms with Crippen molar-refractivity contribution in [2.75, 3.05) is 33.3 Å². The zero-order valence-electron chi connectivity index (χ0n) is 10.8. The van der Waals surface area contributed by atoms with Gasteiger partial charge >= 0.3 is 0 Å². The van der Waals surface area contributed by atoms with Gasteiger partial charge in [-0.15, -0.1) is 11.3 Å². The van der Waals surface area contributed by atoms with Crippen LogP contribution in [0.3, 0.4) is 0 Å². The van der Waals surface area contributed by atoms with Gasteiger partial charge in [0.15, 0.2) is 0 Å². The molecule has 1 amide bonds. The molecule has 0 radical (unpaired) electrons. The van der Waals surface area contributed by atoms with Gasteiger partial charge < -0.3 is 15.0 Å². The first-order valence-corrected chi connectivity index (χ1v) is 7.04. The zero-order chi connectivity index (χ0) is 13.0. The van der Waals surface area contributed by atoms with Gasteiger partial charge in [-0.05, 0) is 7.05 Å². The molecule has 0 aromatic carbocycles. The van der Waals surface area contributed by atoms with Crippen molar-refractivity contribution in [1.29, 1.82) is 0 Å². The quantitative estimate of drug-likeness (QED) is 0.882. The molecular weight excluding hydrogens is 250 g/mol. The lowest BCUT2D eigenvalue weighted by Crippen LogP contribution is -2.46. The Morgan fingerprint density at radius 1 is 1.78 bits per heavy atom. The first-order chi connectivity index (χ1) is 8.72. The van der Waals surface area contributed by atoms with Crippen molar-refractivity contribution in [3.8, 4) is 0 Å². The summed E-state index contributed by atoms with van der Waals surface area (Å²) in [5.74, 6) is 0.194. The third-order valence-corrected chi connectivity index (χ3v) is 3.90. The van der Waals surface area contributed by atoms with Crippen LogP contribution in [0.5, 0.6) is 0 Å². The molecule has 0 bridgehead atoms. The third kappa shape index (κ3) is 3.07. The number of carbonyl (C=O) groups is 1. The molecule has 1 N–H and O–H groups in total. The highest BCUT2D eigenvalue weighted by atomic mass is 32.1. The van der Waals surface area contributed by atoms with Crippen LogP contribution < -0.4 is 5.32 Å². The molecule has 0 aliphatic carbocycles. The summed E-state index contributed by atoms with van der Waals surface area (Å²) in [6.07, 6.45) is 1.71. The molecule has 1 aliphatic heterocycles. The Morgan fingerprint density at radius 3 is 3.28 bits per heavy atom. The second-order valence-electron chi connectivity index (χ2n) is 4.47. The van der Waals surface area contributed by atoms with Crippen LogP contribution in [0, 0.1) is 5.92 Å². The standard InChI is InChI=1S/C12H19N3O2S/c1-9(7-13-2)12(16)15-4-5-17-10(8-15)11-14-3-6-18-11/h3,6,9-10,13H,4-5,7-8H2,1-2H3. The van der Waals surface area contributed by atoms with Crippen LogP contribution in [0.25, 0.3) is 0 Å². The minimum Gasteiger partial charge on any atom is -0.367 e. The molecule has 1 aromatic rings. The van der Waals surface area contributed by atoms with E-state index in [1.807, 2.05) is 24.3 Å². The maximum atomic E-state index is 12.2. The van der Waals surface area contributed by atoms with Crippen molar-refractivity contribution >= 4 is 17.2 Å². The van der Waals surface area contributed by atoms with Gasteiger partial charge in [0.1, 0.15) is 11.1 Å². The SMILES string of the molecule is CNCC(C)C(=O)N1CCOC(c2nccs2)C1. The summed E-state index contributed by atoms with van der Waals surface area (Å²) in [6, 6.07) is 0. The predicted octanol–water partition coefficient (Wildman–Crippen LogP) is 0.899. The van der Waals surface area contributed by atoms with E-state index in [4.69, 9.17) is 4.74 Å². The van der Waals surface area contributed by atoms with Gasteiger partial charge in [0, 0.05) is 30.6 Å². The molecule has 1 aromatic heterocycles. The van der Waals surface area contributed by atoms with Crippen molar-refractivity contribution in [2.24, 2.45) is 5.92 Å². The van der Waals surface area contributed by atoms with Gasteiger partial charge in [-0.2, -0.15) is 0 Å². The van der Waals surface area contributed by atoms with Crippen LogP contribution in [-0.2, 0) is 9.53 Å². The lowest BCUT2D eigenvalue weighted by molar-refractivity contribution is -0.142. The van der Waals surface area contributed by atoms with Crippen molar-refractivity contribution in [1.82, 2.24) is 15.2 Å². The molecule has 2 atom stereocenters. The number of aromatic nitrogens is 1. The molecule has 0 spiro atoms. The second-order valence-corrected chi connectivity index (χ2v) is 5.40. The average molecular weight is 269 g/mol. The van der Waals surface area contributed by atoms with E-state index in [2.05, 4.69) is 10.3 Å². The lowest BCUT2D eigenvalue weighted by atomic mass is 10.1. The third-order valence-electron chi connectivity index (χ3n) is 3.04. The van der Waals surface area contributed by atoms with Gasteiger partial charge in [-0.3, -0.25) is 4.79 Å². The molecular formula is C12H19N3O2S. The van der Waals surface area contributed by atoms with Crippen LogP contribution in [-0.4, -0.2) is 49.1 Å². The number of hydrogen-bond donors (Lipinski definition) is 1. The monoisotopic (exact) mass is 269 g/mol. The van der Waals surface area contributed by atoms with Gasteiger partial charge in [0.25, 0.3) is 0 Å². The largest absolute Gasteiger partial charge is 0.367 e. The van der Waals surface area contributed by atoms with Crippen molar-refractivity contribution < 1.29 is 9.53 Å². The van der Waals surface area contributed by atoms with E-state index in [9.17, 15) is 4.79 Å². The summed E-state index contributed by atoms with van der Waals surface area (Å²) in [6.45, 7) is 4.53. The van der Waals surface area contributed by atoms with Crippen LogP contribution in [0.2, 0.25) is 0 Å². The van der Waals surface area contributed by atoms with E-state index in [1.165, 1.54) is 0 Å². The number of morpholine rings is 1. The molecule has 1 fully saturated rings. The molecule has 100 valence electrons. The summed E-state index contributed by atoms with van der Waals surface area (Å²) >= 11 is 1.58. The first kappa shape index (κ1) is 13.5. The number of thiazole rings is 1. The highest BCUT2D eigenvalue weighted by Gasteiger charge is 2.28. The number of carbonyl (C=O) groups excluding carboxylic acids is 1. The van der Waals surface area contributed by atoms with E-state index in [0.29, 0.717) is 26.2 Å². The summed E-state index contributed by atoms with van der Waals surface area (Å²) in [7, 11) is 1.86. The van der Waals surface area contributed by atoms with Gasteiger partial charge in [0.2, 0.25) is 5.91 Å². The summed E-state index contributed by atoms with van der Waals surface area (Å²) in [5.41, 5.74) is 0. The van der Waals surface area contributed by atoms with Crippen molar-refractivity contribution in [2.45, 2.75) is 13.0 Å². The van der Waals surface area contributed by atoms with E-state index >= 15 is 0 Å². The number of nitrogens with zero attached hydrogens (tertiary/aromatic N) is 2. The van der Waals surface area contributed by atoms with Gasteiger partial charge in [-0.1, -0.05) is 6.92 Å². The number of rotatable bonds is 4. The molecule has 2 unspecified atom stereocenters. The first-order valence-electron chi connectivity index (χ1n) is 6.16. The Kier molecular flexibility index (Phi) is 4.68. The second kappa shape index (κ2) is 6.26. The number of nitrogens with one attached hydrogen (secondary N) is 1. The highest BCUT2D eigenvalue weighted by Crippen LogP contribution is 2.24. The van der Waals surface area contributed by atoms with Gasteiger partial charge in [0.05, 0.1) is 13.2 Å². The van der Waals surface area contributed by atoms with E-state index < -0.39 is 0 Å². The average Bonchev–Trinajstić information content (AvgIpc) is 2.92. The molecule has 2 heterocycles. The molecule has 5 nitrogen and oxygen atoms in total. The highest BCUT2D eigenvalue weighted by molar-refractivity contribution is 7.09. The fourth-order valence-electron chi connectivity index (χ4n) is 2.10. The Hall–Kier alpha value is -0.980. The Morgan fingerprint density at radius 2 is 2.61 bits per heavy atom. The predicted molar refractivity (Wildman–Crippen MR) is 70.5 cm³/mol. The topological polar surface area (TPSA) is 54.5 Å². The molecule has 1 aliphatic rings. The van der Waals surface area contributed by atoms with Crippen LogP contribution in [0.1, 0.15) is 18.0 Å². The Bertz CT molecular complexity index is 383. The Balaban J connectivity index is 1.96. The summed E-state index contributed by atoms with van der Waals surface area (Å²) in [4.78, 5) is 18.4. The number of hydrogen-bond acceptors (Lipinski definition) is 5. The Labute approximate surface area is 111 Å². The molecule has 0 saturated carbocycles. The van der Waals surface area contributed by atoms with Crippen LogP contribution >= 0.6 is 11.3 Å². The molecule has 2 rings (SSSR count). The lowest BCUT2D eigenvalue weighted by Gasteiger charge is -2.33. The molecule has 18 heavy (non-hydrogen) atoms. The molecule has 1 saturated heterocycles. The minimum absolute atomic E-state index is 0.00467. The zero-order valence-corrected chi connectivity index (χ0v) is 11.6. The maximum Gasteiger partial charge on any atom is 0.226 e. The number of amides is 1. The van der Waals surface area contributed by atoms with Gasteiger partial charge in [-0.25, -0.2) is 4.98 Å². The van der Waals surface area contributed by atoms with E-state index in [1.54, 1.807) is 17.5 Å². The number of ether oxygens (including phenoxy) is 1. The smallest absolute Gasteiger partial charge is 0.226 e. The summed E-state index contributed by atoms with van der Waals surface area (Å²) in [5, 5.41) is 5.92. The molecule has 6 heteroatoms. The van der Waals surface area contributed by atoms with Crippen LogP contribution in [0.15, 0.2) is 11.6 Å².